The van der Waals surface area contributed by atoms with Gasteiger partial charge in [-0.2, -0.15) is 0 Å². The first-order chi connectivity index (χ1) is 37.0. The van der Waals surface area contributed by atoms with Crippen LogP contribution in [0.25, 0.3) is 0 Å². The maximum Gasteiger partial charge on any atom is 0.306 e. The van der Waals surface area contributed by atoms with Gasteiger partial charge in [0, 0.05) is 19.3 Å². The maximum atomic E-state index is 12.9. The Bertz CT molecular complexity index is 2040. The summed E-state index contributed by atoms with van der Waals surface area (Å²) >= 11 is 0. The van der Waals surface area contributed by atoms with Crippen molar-refractivity contribution < 1.29 is 28.6 Å². The molecule has 0 aromatic rings. The van der Waals surface area contributed by atoms with Crippen LogP contribution in [-0.4, -0.2) is 37.2 Å². The van der Waals surface area contributed by atoms with Crippen LogP contribution in [0.3, 0.4) is 0 Å². The van der Waals surface area contributed by atoms with Gasteiger partial charge in [-0.1, -0.05) is 277 Å². The van der Waals surface area contributed by atoms with Gasteiger partial charge in [0.05, 0.1) is 0 Å². The summed E-state index contributed by atoms with van der Waals surface area (Å²) in [5.41, 5.74) is 0. The minimum absolute atomic E-state index is 0.162. The van der Waals surface area contributed by atoms with Gasteiger partial charge in [0.1, 0.15) is 13.2 Å². The number of unbranched alkanes of at least 4 members (excludes halogenated alkanes) is 6. The highest BCUT2D eigenvalue weighted by molar-refractivity contribution is 5.71. The van der Waals surface area contributed by atoms with E-state index in [1.54, 1.807) is 0 Å². The summed E-state index contributed by atoms with van der Waals surface area (Å²) in [6.45, 7) is 6.04. The molecule has 0 rings (SSSR count). The van der Waals surface area contributed by atoms with Gasteiger partial charge in [-0.3, -0.25) is 14.4 Å². The molecule has 0 spiro atoms. The highest BCUT2D eigenvalue weighted by Gasteiger charge is 2.19. The van der Waals surface area contributed by atoms with E-state index in [9.17, 15) is 14.4 Å². The molecule has 1 atom stereocenters. The smallest absolute Gasteiger partial charge is 0.306 e. The maximum absolute atomic E-state index is 12.9. The third-order valence-electron chi connectivity index (χ3n) is 10.2. The lowest BCUT2D eigenvalue weighted by Crippen LogP contribution is -2.30. The molecular weight excluding hydrogens is 925 g/mol. The van der Waals surface area contributed by atoms with E-state index in [2.05, 4.69) is 106 Å². The van der Waals surface area contributed by atoms with Crippen molar-refractivity contribution in [2.45, 2.75) is 155 Å². The zero-order chi connectivity index (χ0) is 54.3. The Hall–Kier alpha value is -6.79. The first-order valence-electron chi connectivity index (χ1n) is 27.7. The lowest BCUT2D eigenvalue weighted by atomic mass is 10.1. The SMILES string of the molecule is CC\C=C/C=C\C=C/C=C\C=C\C=C/C=C\CCCCCC(=O)OCC(COC(=O)CC/C=C\C/C=C\C/C=C\C/C=C\C/C=C\C/C=C\CC)OC(=O)CCCCC\C=C/C=C\C=C\C=C/C=C\C=C/C=C\CC. The minimum atomic E-state index is -0.872. The fourth-order valence-corrected chi connectivity index (χ4v) is 6.20. The first-order valence-corrected chi connectivity index (χ1v) is 27.7. The van der Waals surface area contributed by atoms with Gasteiger partial charge in [0.25, 0.3) is 0 Å². The van der Waals surface area contributed by atoms with Gasteiger partial charge in [-0.15, -0.1) is 0 Å². The third kappa shape index (κ3) is 58.0. The van der Waals surface area contributed by atoms with Crippen molar-refractivity contribution in [3.8, 4) is 0 Å². The largest absolute Gasteiger partial charge is 0.462 e. The number of allylic oxidation sites excluding steroid dienone is 40. The highest BCUT2D eigenvalue weighted by Crippen LogP contribution is 2.10. The fourth-order valence-electron chi connectivity index (χ4n) is 6.20. The number of carbonyl (C=O) groups excluding carboxylic acids is 3. The number of hydrogen-bond donors (Lipinski definition) is 0. The first kappa shape index (κ1) is 68.2. The van der Waals surface area contributed by atoms with E-state index in [4.69, 9.17) is 14.2 Å². The van der Waals surface area contributed by atoms with Crippen LogP contribution in [0.4, 0.5) is 0 Å². The molecule has 0 saturated carbocycles. The second kappa shape index (κ2) is 59.8. The minimum Gasteiger partial charge on any atom is -0.462 e. The van der Waals surface area contributed by atoms with E-state index in [1.165, 1.54) is 0 Å². The lowest BCUT2D eigenvalue weighted by molar-refractivity contribution is -0.166. The number of ether oxygens (including phenoxy) is 3. The zero-order valence-corrected chi connectivity index (χ0v) is 46.2. The van der Waals surface area contributed by atoms with Crippen molar-refractivity contribution in [2.75, 3.05) is 13.2 Å². The molecule has 75 heavy (non-hydrogen) atoms. The Labute approximate surface area is 456 Å². The molecule has 6 heteroatoms. The van der Waals surface area contributed by atoms with Crippen LogP contribution >= 0.6 is 0 Å². The summed E-state index contributed by atoms with van der Waals surface area (Å²) in [4.78, 5) is 38.1. The van der Waals surface area contributed by atoms with Crippen molar-refractivity contribution >= 4 is 17.9 Å². The van der Waals surface area contributed by atoms with Crippen molar-refractivity contribution in [3.63, 3.8) is 0 Å². The van der Waals surface area contributed by atoms with E-state index in [1.807, 2.05) is 158 Å². The van der Waals surface area contributed by atoms with Gasteiger partial charge < -0.3 is 14.2 Å². The van der Waals surface area contributed by atoms with Crippen molar-refractivity contribution in [2.24, 2.45) is 0 Å². The average Bonchev–Trinajstić information content (AvgIpc) is 3.41. The van der Waals surface area contributed by atoms with Crippen LogP contribution in [0.15, 0.2) is 243 Å². The van der Waals surface area contributed by atoms with Crippen molar-refractivity contribution in [3.05, 3.63) is 243 Å². The molecule has 0 aromatic heterocycles. The molecule has 406 valence electrons. The molecule has 0 fully saturated rings. The predicted octanol–water partition coefficient (Wildman–Crippen LogP) is 19.0. The lowest BCUT2D eigenvalue weighted by Gasteiger charge is -2.18. The van der Waals surface area contributed by atoms with Crippen molar-refractivity contribution in [1.29, 1.82) is 0 Å². The normalized spacial score (nSPS) is 14.0. The topological polar surface area (TPSA) is 78.9 Å². The number of carbonyl (C=O) groups is 3. The molecule has 0 bridgehead atoms. The number of hydrogen-bond acceptors (Lipinski definition) is 6. The average molecular weight is 1020 g/mol. The van der Waals surface area contributed by atoms with Gasteiger partial charge in [-0.25, -0.2) is 0 Å². The van der Waals surface area contributed by atoms with Gasteiger partial charge in [0.15, 0.2) is 6.10 Å². The summed E-state index contributed by atoms with van der Waals surface area (Å²) < 4.78 is 16.7. The highest BCUT2D eigenvalue weighted by atomic mass is 16.6. The molecule has 0 amide bonds. The predicted molar refractivity (Wildman–Crippen MR) is 324 cm³/mol. The molecule has 0 N–H and O–H groups in total. The molecule has 6 nitrogen and oxygen atoms in total. The van der Waals surface area contributed by atoms with Crippen LogP contribution < -0.4 is 0 Å². The van der Waals surface area contributed by atoms with Crippen LogP contribution in [0.2, 0.25) is 0 Å². The van der Waals surface area contributed by atoms with Gasteiger partial charge in [0.2, 0.25) is 0 Å². The monoisotopic (exact) mass is 1020 g/mol. The van der Waals surface area contributed by atoms with Gasteiger partial charge >= 0.3 is 17.9 Å². The molecule has 0 aliphatic carbocycles. The van der Waals surface area contributed by atoms with Crippen LogP contribution in [0, 0.1) is 0 Å². The molecule has 1 unspecified atom stereocenters. The standard InChI is InChI=1S/C69H94O6/c1-4-7-10-13-16-19-22-25-28-31-34-37-40-43-46-49-52-55-58-61-67(70)73-64-66(75-69(72)63-60-57-54-51-48-45-42-39-36-33-30-27-24-21-18-15-12-9-6-3)65-74-68(71)62-59-56-53-50-47-44-41-38-35-32-29-26-23-20-17-14-11-8-5-2/h7-13,15-22,24-31,33-40,42-48,53,56,66H,4-6,14,23,32,41,49-52,54-55,57-65H2,1-3H3/b10-7-,11-8-,12-9-,16-13-,18-15-,20-17-,22-19-,24-21-,28-25-,29-26-,30-27-,34-31+,36-33+,38-35-,40-37-,42-39-,46-43-,47-44-,48-45-,56-53-. The molecule has 0 aliphatic heterocycles. The van der Waals surface area contributed by atoms with Crippen LogP contribution in [-0.2, 0) is 28.6 Å². The van der Waals surface area contributed by atoms with Crippen LogP contribution in [0.1, 0.15) is 149 Å². The molecule has 0 aliphatic rings. The molecule has 0 saturated heterocycles. The fraction of sp³-hybridized carbons (Fsp3) is 0.377. The zero-order valence-electron chi connectivity index (χ0n) is 46.2. The van der Waals surface area contributed by atoms with E-state index < -0.39 is 18.0 Å². The van der Waals surface area contributed by atoms with E-state index in [0.29, 0.717) is 19.3 Å². The van der Waals surface area contributed by atoms with Gasteiger partial charge in [-0.05, 0) is 96.3 Å². The Balaban J connectivity index is 4.79. The Kier molecular flexibility index (Phi) is 54.4. The molecule has 0 radical (unpaired) electrons. The summed E-state index contributed by atoms with van der Waals surface area (Å²) in [7, 11) is 0. The molecular formula is C69H94O6. The summed E-state index contributed by atoms with van der Waals surface area (Å²) in [6, 6.07) is 0. The Morgan fingerprint density at radius 1 is 0.280 bits per heavy atom. The summed E-state index contributed by atoms with van der Waals surface area (Å²) in [5.74, 6) is -1.16. The number of rotatable bonds is 45. The molecule has 0 heterocycles. The summed E-state index contributed by atoms with van der Waals surface area (Å²) in [5, 5.41) is 0. The quantitative estimate of drug-likeness (QED) is 0.0199. The van der Waals surface area contributed by atoms with E-state index >= 15 is 0 Å². The van der Waals surface area contributed by atoms with E-state index in [0.717, 1.165) is 89.9 Å². The Morgan fingerprint density at radius 2 is 0.573 bits per heavy atom. The third-order valence-corrected chi connectivity index (χ3v) is 10.2. The summed E-state index contributed by atoms with van der Waals surface area (Å²) in [6.07, 6.45) is 97.1. The molecule has 0 aromatic carbocycles. The van der Waals surface area contributed by atoms with Crippen LogP contribution in [0.5, 0.6) is 0 Å². The number of esters is 3. The second-order valence-electron chi connectivity index (χ2n) is 17.0. The second-order valence-corrected chi connectivity index (χ2v) is 17.0. The van der Waals surface area contributed by atoms with E-state index in [-0.39, 0.29) is 38.4 Å². The Morgan fingerprint density at radius 3 is 0.933 bits per heavy atom. The van der Waals surface area contributed by atoms with Crippen molar-refractivity contribution in [1.82, 2.24) is 0 Å².